The Bertz CT molecular complexity index is 721. The second-order valence-corrected chi connectivity index (χ2v) is 5.60. The van der Waals surface area contributed by atoms with Crippen molar-refractivity contribution in [2.24, 2.45) is 0 Å². The number of ether oxygens (including phenoxy) is 3. The van der Waals surface area contributed by atoms with Gasteiger partial charge in [-0.05, 0) is 24.3 Å². The molecule has 0 bridgehead atoms. The summed E-state index contributed by atoms with van der Waals surface area (Å²) in [7, 11) is 1.51. The lowest BCUT2D eigenvalue weighted by Gasteiger charge is -2.13. The van der Waals surface area contributed by atoms with Gasteiger partial charge in [-0.3, -0.25) is 0 Å². The normalized spacial score (nSPS) is 10.0. The Kier molecular flexibility index (Phi) is 6.23. The van der Waals surface area contributed by atoms with Crippen molar-refractivity contribution in [1.82, 2.24) is 0 Å². The number of rotatable bonds is 6. The van der Waals surface area contributed by atoms with E-state index in [4.69, 9.17) is 54.3 Å². The molecule has 0 aliphatic carbocycles. The van der Waals surface area contributed by atoms with Crippen molar-refractivity contribution in [1.29, 1.82) is 5.26 Å². The van der Waals surface area contributed by atoms with E-state index in [0.717, 1.165) is 0 Å². The molecule has 0 fully saturated rings. The SMILES string of the molecule is COc1cccc(C#N)c1OCCOc1c(Cl)cc(Cl)cc1Cl. The van der Waals surface area contributed by atoms with Crippen molar-refractivity contribution in [3.05, 3.63) is 51.0 Å². The fourth-order valence-corrected chi connectivity index (χ4v) is 2.79. The minimum absolute atomic E-state index is 0.185. The molecule has 0 aliphatic rings. The van der Waals surface area contributed by atoms with Crippen LogP contribution in [0.2, 0.25) is 15.1 Å². The molecule has 0 spiro atoms. The van der Waals surface area contributed by atoms with Crippen LogP contribution < -0.4 is 14.2 Å². The van der Waals surface area contributed by atoms with Gasteiger partial charge in [0, 0.05) is 5.02 Å². The smallest absolute Gasteiger partial charge is 0.179 e. The first-order valence-electron chi connectivity index (χ1n) is 6.54. The van der Waals surface area contributed by atoms with E-state index in [-0.39, 0.29) is 13.2 Å². The standard InChI is InChI=1S/C16H12Cl3NO3/c1-21-14-4-2-3-10(9-20)15(14)22-5-6-23-16-12(18)7-11(17)8-13(16)19/h2-4,7-8H,5-6H2,1H3. The van der Waals surface area contributed by atoms with Gasteiger partial charge in [0.05, 0.1) is 22.7 Å². The van der Waals surface area contributed by atoms with Crippen molar-refractivity contribution < 1.29 is 14.2 Å². The summed E-state index contributed by atoms with van der Waals surface area (Å²) in [4.78, 5) is 0. The van der Waals surface area contributed by atoms with E-state index in [9.17, 15) is 0 Å². The highest BCUT2D eigenvalue weighted by molar-refractivity contribution is 6.40. The molecule has 2 aromatic rings. The molecule has 0 N–H and O–H groups in total. The molecule has 0 radical (unpaired) electrons. The molecule has 0 atom stereocenters. The van der Waals surface area contributed by atoms with Crippen LogP contribution in [-0.4, -0.2) is 20.3 Å². The number of hydrogen-bond acceptors (Lipinski definition) is 4. The van der Waals surface area contributed by atoms with Gasteiger partial charge < -0.3 is 14.2 Å². The summed E-state index contributed by atoms with van der Waals surface area (Å²) in [6.07, 6.45) is 0. The topological polar surface area (TPSA) is 51.5 Å². The van der Waals surface area contributed by atoms with Gasteiger partial charge in [-0.15, -0.1) is 0 Å². The maximum atomic E-state index is 9.11. The minimum atomic E-state index is 0.185. The van der Waals surface area contributed by atoms with Crippen molar-refractivity contribution in [3.8, 4) is 23.3 Å². The quantitative estimate of drug-likeness (QED) is 0.671. The zero-order valence-electron chi connectivity index (χ0n) is 12.1. The first kappa shape index (κ1) is 17.6. The molecule has 0 saturated heterocycles. The van der Waals surface area contributed by atoms with Crippen LogP contribution in [0.4, 0.5) is 0 Å². The Morgan fingerprint density at radius 3 is 2.17 bits per heavy atom. The molecule has 120 valence electrons. The predicted molar refractivity (Wildman–Crippen MR) is 90.2 cm³/mol. The predicted octanol–water partition coefficient (Wildman–Crippen LogP) is 4.98. The third-order valence-electron chi connectivity index (χ3n) is 2.86. The molecule has 4 nitrogen and oxygen atoms in total. The fourth-order valence-electron chi connectivity index (χ4n) is 1.87. The van der Waals surface area contributed by atoms with E-state index in [2.05, 4.69) is 6.07 Å². The van der Waals surface area contributed by atoms with E-state index in [0.29, 0.717) is 37.9 Å². The highest BCUT2D eigenvalue weighted by Crippen LogP contribution is 2.36. The van der Waals surface area contributed by atoms with Crippen molar-refractivity contribution in [2.75, 3.05) is 20.3 Å². The van der Waals surface area contributed by atoms with Gasteiger partial charge in [-0.1, -0.05) is 40.9 Å². The minimum Gasteiger partial charge on any atom is -0.493 e. The van der Waals surface area contributed by atoms with Gasteiger partial charge in [0.25, 0.3) is 0 Å². The Labute approximate surface area is 149 Å². The van der Waals surface area contributed by atoms with E-state index >= 15 is 0 Å². The van der Waals surface area contributed by atoms with Crippen LogP contribution in [-0.2, 0) is 0 Å². The lowest BCUT2D eigenvalue weighted by molar-refractivity contribution is 0.211. The second-order valence-electron chi connectivity index (χ2n) is 4.34. The van der Waals surface area contributed by atoms with Crippen LogP contribution in [0.25, 0.3) is 0 Å². The van der Waals surface area contributed by atoms with E-state index in [1.807, 2.05) is 0 Å². The number of para-hydroxylation sites is 1. The van der Waals surface area contributed by atoms with Crippen LogP contribution in [0, 0.1) is 11.3 Å². The number of halogens is 3. The molecule has 0 aromatic heterocycles. The molecule has 0 unspecified atom stereocenters. The zero-order valence-corrected chi connectivity index (χ0v) is 14.4. The molecule has 2 aromatic carbocycles. The van der Waals surface area contributed by atoms with E-state index in [1.165, 1.54) is 7.11 Å². The van der Waals surface area contributed by atoms with Crippen LogP contribution in [0.15, 0.2) is 30.3 Å². The summed E-state index contributed by atoms with van der Waals surface area (Å²) >= 11 is 17.9. The molecule has 23 heavy (non-hydrogen) atoms. The Balaban J connectivity index is 2.01. The summed E-state index contributed by atoms with van der Waals surface area (Å²) in [5.41, 5.74) is 0.381. The van der Waals surface area contributed by atoms with Crippen molar-refractivity contribution in [3.63, 3.8) is 0 Å². The number of nitrogens with zero attached hydrogens (tertiary/aromatic N) is 1. The second kappa shape index (κ2) is 8.16. The number of benzene rings is 2. The Morgan fingerprint density at radius 1 is 1.00 bits per heavy atom. The first-order valence-corrected chi connectivity index (χ1v) is 7.67. The average Bonchev–Trinajstić information content (AvgIpc) is 2.53. The fraction of sp³-hybridized carbons (Fsp3) is 0.188. The van der Waals surface area contributed by atoms with Gasteiger partial charge in [-0.25, -0.2) is 0 Å². The van der Waals surface area contributed by atoms with Crippen molar-refractivity contribution >= 4 is 34.8 Å². The average molecular weight is 373 g/mol. The van der Waals surface area contributed by atoms with Crippen molar-refractivity contribution in [2.45, 2.75) is 0 Å². The summed E-state index contributed by atoms with van der Waals surface area (Å²) in [6, 6.07) is 10.2. The molecular formula is C16H12Cl3NO3. The maximum absolute atomic E-state index is 9.11. The number of hydrogen-bond donors (Lipinski definition) is 0. The molecule has 0 amide bonds. The molecule has 2 rings (SSSR count). The summed E-state index contributed by atoms with van der Waals surface area (Å²) in [5, 5.41) is 10.2. The van der Waals surface area contributed by atoms with E-state index in [1.54, 1.807) is 30.3 Å². The van der Waals surface area contributed by atoms with Gasteiger partial charge in [0.1, 0.15) is 19.3 Å². The monoisotopic (exact) mass is 371 g/mol. The van der Waals surface area contributed by atoms with Crippen LogP contribution in [0.1, 0.15) is 5.56 Å². The molecule has 0 aliphatic heterocycles. The summed E-state index contributed by atoms with van der Waals surface area (Å²) < 4.78 is 16.3. The lowest BCUT2D eigenvalue weighted by Crippen LogP contribution is -2.10. The van der Waals surface area contributed by atoms with Crippen LogP contribution in [0.5, 0.6) is 17.2 Å². The number of nitriles is 1. The Morgan fingerprint density at radius 2 is 1.61 bits per heavy atom. The third-order valence-corrected chi connectivity index (χ3v) is 3.64. The van der Waals surface area contributed by atoms with Gasteiger partial charge in [0.15, 0.2) is 17.2 Å². The molecular weight excluding hydrogens is 361 g/mol. The van der Waals surface area contributed by atoms with Crippen LogP contribution >= 0.6 is 34.8 Å². The first-order chi connectivity index (χ1) is 11.1. The van der Waals surface area contributed by atoms with Gasteiger partial charge in [0.2, 0.25) is 0 Å². The third kappa shape index (κ3) is 4.35. The zero-order chi connectivity index (χ0) is 16.8. The van der Waals surface area contributed by atoms with Gasteiger partial charge in [-0.2, -0.15) is 5.26 Å². The maximum Gasteiger partial charge on any atom is 0.179 e. The highest BCUT2D eigenvalue weighted by Gasteiger charge is 2.12. The molecule has 0 saturated carbocycles. The highest BCUT2D eigenvalue weighted by atomic mass is 35.5. The van der Waals surface area contributed by atoms with Crippen LogP contribution in [0.3, 0.4) is 0 Å². The van der Waals surface area contributed by atoms with E-state index < -0.39 is 0 Å². The molecule has 0 heterocycles. The number of methoxy groups -OCH3 is 1. The summed E-state index contributed by atoms with van der Waals surface area (Å²) in [6.45, 7) is 0.369. The molecule has 7 heteroatoms. The lowest BCUT2D eigenvalue weighted by atomic mass is 10.2. The largest absolute Gasteiger partial charge is 0.493 e. The summed E-state index contributed by atoms with van der Waals surface area (Å²) in [5.74, 6) is 1.18. The Hall–Kier alpha value is -1.80. The van der Waals surface area contributed by atoms with Gasteiger partial charge >= 0.3 is 0 Å².